The summed E-state index contributed by atoms with van der Waals surface area (Å²) >= 11 is 0. The summed E-state index contributed by atoms with van der Waals surface area (Å²) in [6, 6.07) is 2.31. The molecule has 0 aromatic carbocycles. The molecule has 0 spiro atoms. The third kappa shape index (κ3) is 23.0. The molecule has 0 radical (unpaired) electrons. The summed E-state index contributed by atoms with van der Waals surface area (Å²) < 4.78 is 0. The Hall–Kier alpha value is -0.160. The topological polar surface area (TPSA) is 13.0 Å². The molecule has 0 amide bonds. The molecule has 3 heterocycles. The van der Waals surface area contributed by atoms with Gasteiger partial charge in [-0.25, -0.2) is 0 Å². The molecule has 0 aromatic rings. The van der Waals surface area contributed by atoms with Gasteiger partial charge in [-0.3, -0.25) is 4.90 Å². The second kappa shape index (κ2) is 29.9. The number of piperidine rings is 2. The Morgan fingerprint density at radius 3 is 1.22 bits per heavy atom. The Bertz CT molecular complexity index is 479. The average molecular weight is 583 g/mol. The van der Waals surface area contributed by atoms with Crippen LogP contribution in [0.3, 0.4) is 0 Å². The van der Waals surface area contributed by atoms with Gasteiger partial charge in [-0.2, -0.15) is 0 Å². The van der Waals surface area contributed by atoms with E-state index in [1.54, 1.807) is 0 Å². The Morgan fingerprint density at radius 2 is 0.902 bits per heavy atom. The monoisotopic (exact) mass is 583 g/mol. The van der Waals surface area contributed by atoms with Crippen LogP contribution in [0.25, 0.3) is 0 Å². The third-order valence-electron chi connectivity index (χ3n) is 8.59. The maximum Gasteiger partial charge on any atom is 0.0121 e. The minimum Gasteiger partial charge on any atom is -0.301 e. The zero-order valence-electron chi connectivity index (χ0n) is 30.9. The molecule has 41 heavy (non-hydrogen) atoms. The number of likely N-dealkylation sites (tertiary alicyclic amines) is 2. The molecule has 4 heteroatoms. The van der Waals surface area contributed by atoms with Crippen molar-refractivity contribution in [3.63, 3.8) is 0 Å². The highest BCUT2D eigenvalue weighted by Gasteiger charge is 2.28. The van der Waals surface area contributed by atoms with Gasteiger partial charge >= 0.3 is 0 Å². The van der Waals surface area contributed by atoms with E-state index >= 15 is 0 Å². The molecule has 3 aliphatic rings. The van der Waals surface area contributed by atoms with Gasteiger partial charge in [-0.15, -0.1) is 0 Å². The van der Waals surface area contributed by atoms with Gasteiger partial charge in [0, 0.05) is 44.3 Å². The summed E-state index contributed by atoms with van der Waals surface area (Å²) in [5.74, 6) is 0.975. The molecule has 3 saturated heterocycles. The van der Waals surface area contributed by atoms with Crippen LogP contribution in [0.15, 0.2) is 0 Å². The number of nitrogens with zero attached hydrogens (tertiary/aromatic N) is 4. The molecule has 0 aromatic heterocycles. The quantitative estimate of drug-likeness (QED) is 0.268. The summed E-state index contributed by atoms with van der Waals surface area (Å²) in [4.78, 5) is 10.8. The predicted octanol–water partition coefficient (Wildman–Crippen LogP) is 9.82. The van der Waals surface area contributed by atoms with Gasteiger partial charge in [0.2, 0.25) is 0 Å². The Kier molecular flexibility index (Phi) is 31.3. The van der Waals surface area contributed by atoms with Crippen molar-refractivity contribution in [1.29, 1.82) is 0 Å². The van der Waals surface area contributed by atoms with Gasteiger partial charge in [0.15, 0.2) is 0 Å². The lowest BCUT2D eigenvalue weighted by Crippen LogP contribution is -2.54. The highest BCUT2D eigenvalue weighted by atomic mass is 15.3. The summed E-state index contributed by atoms with van der Waals surface area (Å²) in [6.07, 6.45) is 16.3. The van der Waals surface area contributed by atoms with E-state index in [4.69, 9.17) is 0 Å². The van der Waals surface area contributed by atoms with E-state index in [2.05, 4.69) is 103 Å². The predicted molar refractivity (Wildman–Crippen MR) is 190 cm³/mol. The molecule has 3 rings (SSSR count). The molecule has 3 aliphatic heterocycles. The zero-order chi connectivity index (χ0) is 31.5. The molecule has 0 bridgehead atoms. The minimum atomic E-state index is 0.722. The first-order chi connectivity index (χ1) is 19.7. The van der Waals surface area contributed by atoms with E-state index in [0.29, 0.717) is 0 Å². The van der Waals surface area contributed by atoms with Crippen LogP contribution < -0.4 is 0 Å². The van der Waals surface area contributed by atoms with Crippen LogP contribution in [0.2, 0.25) is 0 Å². The lowest BCUT2D eigenvalue weighted by Gasteiger charge is -2.44. The van der Waals surface area contributed by atoms with Crippen LogP contribution in [0.5, 0.6) is 0 Å². The number of rotatable bonds is 9. The summed E-state index contributed by atoms with van der Waals surface area (Å²) in [7, 11) is 0. The molecule has 0 saturated carbocycles. The van der Waals surface area contributed by atoms with Gasteiger partial charge < -0.3 is 14.7 Å². The van der Waals surface area contributed by atoms with E-state index in [-0.39, 0.29) is 0 Å². The molecule has 0 N–H and O–H groups in total. The number of unbranched alkanes of at least 4 members (excludes halogenated alkanes) is 3. The van der Waals surface area contributed by atoms with Crippen molar-refractivity contribution in [3.8, 4) is 0 Å². The number of hydrogen-bond donors (Lipinski definition) is 0. The summed E-state index contributed by atoms with van der Waals surface area (Å²) in [6.45, 7) is 38.4. The minimum absolute atomic E-state index is 0.722. The zero-order valence-corrected chi connectivity index (χ0v) is 30.9. The average Bonchev–Trinajstić information content (AvgIpc) is 2.98. The fourth-order valence-electron chi connectivity index (χ4n) is 5.60. The van der Waals surface area contributed by atoms with Crippen molar-refractivity contribution in [2.45, 2.75) is 178 Å². The smallest absolute Gasteiger partial charge is 0.0121 e. The van der Waals surface area contributed by atoms with Crippen molar-refractivity contribution in [2.24, 2.45) is 5.92 Å². The SMILES string of the molecule is CC(C)N1CCC(CCN2CCN(C3CCN(C(C)C)CC3)CC2)CC1.CCC.CCC.CCCC.CCCCC. The van der Waals surface area contributed by atoms with Crippen molar-refractivity contribution < 1.29 is 0 Å². The van der Waals surface area contributed by atoms with Crippen molar-refractivity contribution in [1.82, 2.24) is 19.6 Å². The van der Waals surface area contributed by atoms with E-state index in [1.165, 1.54) is 136 Å². The first-order valence-corrected chi connectivity index (χ1v) is 18.6. The highest BCUT2D eigenvalue weighted by molar-refractivity contribution is 4.85. The first kappa shape index (κ1) is 43.0. The van der Waals surface area contributed by atoms with Crippen LogP contribution in [0.1, 0.15) is 160 Å². The van der Waals surface area contributed by atoms with Crippen molar-refractivity contribution in [3.05, 3.63) is 0 Å². The van der Waals surface area contributed by atoms with E-state index < -0.39 is 0 Å². The fourth-order valence-corrected chi connectivity index (χ4v) is 5.60. The molecular weight excluding hydrogens is 500 g/mol. The molecule has 250 valence electrons. The molecular formula is C37H82N4. The number of piperazine rings is 1. The first-order valence-electron chi connectivity index (χ1n) is 18.6. The molecule has 0 unspecified atom stereocenters. The van der Waals surface area contributed by atoms with E-state index in [9.17, 15) is 0 Å². The second-order valence-corrected chi connectivity index (χ2v) is 13.4. The third-order valence-corrected chi connectivity index (χ3v) is 8.59. The Morgan fingerprint density at radius 1 is 0.512 bits per heavy atom. The van der Waals surface area contributed by atoms with Gasteiger partial charge in [-0.05, 0) is 98.4 Å². The van der Waals surface area contributed by atoms with Crippen LogP contribution in [-0.4, -0.2) is 96.6 Å². The van der Waals surface area contributed by atoms with Gasteiger partial charge in [0.25, 0.3) is 0 Å². The standard InChI is InChI=1S/C22H44N4.C5H12.C4H10.2C3H8/c1-19(2)24-11-6-21(7-12-24)5-10-23-15-17-26(18-16-23)22-8-13-25(14-9-22)20(3)4;1-3-5-4-2;1-3-4-2;2*1-3-2/h19-22H,5-18H2,1-4H3;3-5H2,1-2H3;3-4H2,1-2H3;2*3H2,1-2H3. The Labute approximate surface area is 262 Å². The largest absolute Gasteiger partial charge is 0.301 e. The summed E-state index contributed by atoms with van der Waals surface area (Å²) in [5.41, 5.74) is 0. The number of hydrogen-bond acceptors (Lipinski definition) is 4. The lowest BCUT2D eigenvalue weighted by molar-refractivity contribution is 0.0484. The maximum atomic E-state index is 2.80. The maximum absolute atomic E-state index is 2.80. The summed E-state index contributed by atoms with van der Waals surface area (Å²) in [5, 5.41) is 0. The molecule has 0 atom stereocenters. The van der Waals surface area contributed by atoms with Gasteiger partial charge in [-0.1, -0.05) is 100 Å². The van der Waals surface area contributed by atoms with Crippen LogP contribution >= 0.6 is 0 Å². The Balaban J connectivity index is 0. The van der Waals surface area contributed by atoms with Crippen molar-refractivity contribution >= 4 is 0 Å². The molecule has 0 aliphatic carbocycles. The van der Waals surface area contributed by atoms with Gasteiger partial charge in [0.1, 0.15) is 0 Å². The fraction of sp³-hybridized carbons (Fsp3) is 1.00. The second-order valence-electron chi connectivity index (χ2n) is 13.4. The lowest BCUT2D eigenvalue weighted by atomic mass is 9.92. The van der Waals surface area contributed by atoms with E-state index in [1.807, 2.05) is 0 Å². The van der Waals surface area contributed by atoms with Crippen molar-refractivity contribution in [2.75, 3.05) is 58.9 Å². The normalized spacial score (nSPS) is 19.8. The molecule has 3 fully saturated rings. The van der Waals surface area contributed by atoms with E-state index in [0.717, 1.165) is 24.0 Å². The van der Waals surface area contributed by atoms with Crippen LogP contribution in [0, 0.1) is 5.92 Å². The van der Waals surface area contributed by atoms with Crippen LogP contribution in [0.4, 0.5) is 0 Å². The van der Waals surface area contributed by atoms with Crippen LogP contribution in [-0.2, 0) is 0 Å². The molecule has 4 nitrogen and oxygen atoms in total. The highest BCUT2D eigenvalue weighted by Crippen LogP contribution is 2.23. The van der Waals surface area contributed by atoms with Gasteiger partial charge in [0.05, 0.1) is 0 Å².